The van der Waals surface area contributed by atoms with Gasteiger partial charge < -0.3 is 14.8 Å². The Balaban J connectivity index is 1.41. The number of nitrogens with one attached hydrogen (secondary N) is 1. The maximum atomic E-state index is 13.6. The van der Waals surface area contributed by atoms with Crippen LogP contribution >= 0.6 is 0 Å². The molecular formula is C29H32N2O5S. The highest BCUT2D eigenvalue weighted by Crippen LogP contribution is 2.43. The molecular weight excluding hydrogens is 488 g/mol. The topological polar surface area (TPSA) is 84.9 Å². The number of hydrogen-bond donors (Lipinski definition) is 1. The lowest BCUT2D eigenvalue weighted by Gasteiger charge is -2.42. The molecule has 0 saturated carbocycles. The molecule has 0 aromatic heterocycles. The van der Waals surface area contributed by atoms with Crippen molar-refractivity contribution < 1.29 is 22.7 Å². The Morgan fingerprint density at radius 3 is 2.32 bits per heavy atom. The van der Waals surface area contributed by atoms with Crippen LogP contribution in [-0.2, 0) is 20.6 Å². The lowest BCUT2D eigenvalue weighted by atomic mass is 9.83. The van der Waals surface area contributed by atoms with Crippen LogP contribution in [0, 0.1) is 0 Å². The van der Waals surface area contributed by atoms with Gasteiger partial charge in [0.1, 0.15) is 17.1 Å². The van der Waals surface area contributed by atoms with Crippen molar-refractivity contribution in [2.75, 3.05) is 10.8 Å². The van der Waals surface area contributed by atoms with Gasteiger partial charge in [0.15, 0.2) is 6.10 Å². The Morgan fingerprint density at radius 2 is 1.59 bits per heavy atom. The van der Waals surface area contributed by atoms with Gasteiger partial charge in [0.25, 0.3) is 5.91 Å². The van der Waals surface area contributed by atoms with E-state index in [9.17, 15) is 13.2 Å². The third kappa shape index (κ3) is 5.03. The van der Waals surface area contributed by atoms with Gasteiger partial charge in [-0.1, -0.05) is 74.5 Å². The van der Waals surface area contributed by atoms with Gasteiger partial charge in [-0.05, 0) is 36.6 Å². The molecule has 2 aliphatic rings. The summed E-state index contributed by atoms with van der Waals surface area (Å²) in [5.74, 6) is 0.621. The van der Waals surface area contributed by atoms with Crippen LogP contribution in [0.15, 0.2) is 78.9 Å². The summed E-state index contributed by atoms with van der Waals surface area (Å²) in [6.45, 7) is 4.08. The second-order valence-corrected chi connectivity index (χ2v) is 11.5. The first kappa shape index (κ1) is 25.1. The van der Waals surface area contributed by atoms with E-state index in [1.54, 1.807) is 36.4 Å². The monoisotopic (exact) mass is 520 g/mol. The smallest absolute Gasteiger partial charge is 0.263 e. The van der Waals surface area contributed by atoms with E-state index in [1.807, 2.05) is 42.5 Å². The van der Waals surface area contributed by atoms with Gasteiger partial charge in [-0.2, -0.15) is 0 Å². The van der Waals surface area contributed by atoms with E-state index in [0.717, 1.165) is 24.2 Å². The second kappa shape index (κ2) is 10.1. The quantitative estimate of drug-likeness (QED) is 0.475. The van der Waals surface area contributed by atoms with Crippen LogP contribution in [0.3, 0.4) is 0 Å². The van der Waals surface area contributed by atoms with Crippen LogP contribution in [0.25, 0.3) is 0 Å². The molecule has 1 N–H and O–H groups in total. The molecule has 0 bridgehead atoms. The first-order valence-corrected chi connectivity index (χ1v) is 14.3. The molecule has 5 rings (SSSR count). The average molecular weight is 521 g/mol. The molecule has 0 radical (unpaired) electrons. The van der Waals surface area contributed by atoms with Gasteiger partial charge in [0.05, 0.1) is 24.0 Å². The fourth-order valence-corrected chi connectivity index (χ4v) is 6.74. The van der Waals surface area contributed by atoms with Crippen molar-refractivity contribution in [1.29, 1.82) is 0 Å². The van der Waals surface area contributed by atoms with E-state index in [1.165, 1.54) is 4.31 Å². The molecule has 3 aromatic rings. The molecule has 0 saturated heterocycles. The number of ether oxygens (including phenoxy) is 2. The van der Waals surface area contributed by atoms with Crippen molar-refractivity contribution in [3.63, 3.8) is 0 Å². The first-order chi connectivity index (χ1) is 17.8. The normalized spacial score (nSPS) is 20.1. The fourth-order valence-electron chi connectivity index (χ4n) is 5.16. The molecule has 0 fully saturated rings. The zero-order valence-corrected chi connectivity index (χ0v) is 21.9. The summed E-state index contributed by atoms with van der Waals surface area (Å²) in [7, 11) is -3.77. The number of nitrogens with zero attached hydrogens (tertiary/aromatic N) is 1. The van der Waals surface area contributed by atoms with E-state index < -0.39 is 16.1 Å². The Kier molecular flexibility index (Phi) is 6.86. The number of carbonyl (C=O) groups is 1. The molecule has 194 valence electrons. The molecule has 37 heavy (non-hydrogen) atoms. The van der Waals surface area contributed by atoms with Crippen LogP contribution in [0.1, 0.15) is 50.3 Å². The van der Waals surface area contributed by atoms with E-state index in [2.05, 4.69) is 19.2 Å². The highest BCUT2D eigenvalue weighted by Gasteiger charge is 2.41. The molecule has 8 heteroatoms. The molecule has 0 aliphatic carbocycles. The molecule has 2 aliphatic heterocycles. The molecule has 2 atom stereocenters. The number of benzene rings is 3. The lowest BCUT2D eigenvalue weighted by molar-refractivity contribution is -0.129. The van der Waals surface area contributed by atoms with E-state index in [0.29, 0.717) is 23.4 Å². The highest BCUT2D eigenvalue weighted by atomic mass is 32.2. The van der Waals surface area contributed by atoms with Crippen molar-refractivity contribution in [3.05, 3.63) is 90.0 Å². The lowest BCUT2D eigenvalue weighted by Crippen LogP contribution is -2.53. The third-order valence-corrected chi connectivity index (χ3v) is 9.07. The van der Waals surface area contributed by atoms with Crippen LogP contribution in [0.2, 0.25) is 0 Å². The number of rotatable bonds is 7. The summed E-state index contributed by atoms with van der Waals surface area (Å²) in [5.41, 5.74) is 1.66. The number of hydrogen-bond acceptors (Lipinski definition) is 5. The van der Waals surface area contributed by atoms with Crippen LogP contribution in [-0.4, -0.2) is 32.6 Å². The highest BCUT2D eigenvalue weighted by molar-refractivity contribution is 7.92. The summed E-state index contributed by atoms with van der Waals surface area (Å²) in [4.78, 5) is 13.6. The maximum Gasteiger partial charge on any atom is 0.263 e. The van der Waals surface area contributed by atoms with Gasteiger partial charge in [-0.25, -0.2) is 8.42 Å². The number of anilines is 1. The van der Waals surface area contributed by atoms with Crippen LogP contribution < -0.4 is 19.1 Å². The third-order valence-electron chi connectivity index (χ3n) is 7.36. The van der Waals surface area contributed by atoms with Crippen molar-refractivity contribution >= 4 is 21.6 Å². The second-order valence-electron chi connectivity index (χ2n) is 9.64. The molecule has 0 unspecified atom stereocenters. The summed E-state index contributed by atoms with van der Waals surface area (Å²) >= 11 is 0. The zero-order valence-electron chi connectivity index (χ0n) is 21.1. The van der Waals surface area contributed by atoms with E-state index in [4.69, 9.17) is 9.47 Å². The minimum atomic E-state index is -3.77. The number of sulfonamides is 1. The standard InChI is InChI=1S/C29H32N2O5S/c1-3-29(4-2)18-23(22-14-8-10-16-25(22)36-29)30-28(32)27-19-31(24-15-9-11-17-26(24)35-27)37(33,34)20-21-12-6-5-7-13-21/h5-17,23,27H,3-4,18-20H2,1-2H3,(H,30,32)/t23-,27+/m1/s1. The summed E-state index contributed by atoms with van der Waals surface area (Å²) in [5, 5.41) is 3.16. The Bertz CT molecular complexity index is 1370. The van der Waals surface area contributed by atoms with Gasteiger partial charge in [-0.15, -0.1) is 0 Å². The predicted octanol–water partition coefficient (Wildman–Crippen LogP) is 4.98. The minimum Gasteiger partial charge on any atom is -0.487 e. The van der Waals surface area contributed by atoms with Crippen LogP contribution in [0.5, 0.6) is 11.5 Å². The predicted molar refractivity (Wildman–Crippen MR) is 143 cm³/mol. The average Bonchev–Trinajstić information content (AvgIpc) is 2.92. The number of para-hydroxylation sites is 3. The summed E-state index contributed by atoms with van der Waals surface area (Å²) in [6.07, 6.45) is 1.25. The fraction of sp³-hybridized carbons (Fsp3) is 0.345. The van der Waals surface area contributed by atoms with Gasteiger partial charge in [0, 0.05) is 12.0 Å². The maximum absolute atomic E-state index is 13.6. The van der Waals surface area contributed by atoms with Gasteiger partial charge in [0.2, 0.25) is 10.0 Å². The first-order valence-electron chi connectivity index (χ1n) is 12.7. The van der Waals surface area contributed by atoms with Gasteiger partial charge >= 0.3 is 0 Å². The largest absolute Gasteiger partial charge is 0.487 e. The molecule has 1 amide bonds. The van der Waals surface area contributed by atoms with Crippen molar-refractivity contribution in [2.24, 2.45) is 0 Å². The number of carbonyl (C=O) groups excluding carboxylic acids is 1. The van der Waals surface area contributed by atoms with Crippen molar-refractivity contribution in [3.8, 4) is 11.5 Å². The SMILES string of the molecule is CCC1(CC)C[C@@H](NC(=O)[C@@H]2CN(S(=O)(=O)Cc3ccccc3)c3ccccc3O2)c2ccccc2O1. The van der Waals surface area contributed by atoms with Crippen LogP contribution in [0.4, 0.5) is 5.69 Å². The minimum absolute atomic E-state index is 0.102. The van der Waals surface area contributed by atoms with E-state index >= 15 is 0 Å². The van der Waals surface area contributed by atoms with Crippen molar-refractivity contribution in [1.82, 2.24) is 5.32 Å². The molecule has 3 aromatic carbocycles. The van der Waals surface area contributed by atoms with Crippen molar-refractivity contribution in [2.45, 2.75) is 56.6 Å². The molecule has 7 nitrogen and oxygen atoms in total. The zero-order chi connectivity index (χ0) is 26.0. The Morgan fingerprint density at radius 1 is 0.946 bits per heavy atom. The summed E-state index contributed by atoms with van der Waals surface area (Å²) in [6, 6.07) is 23.5. The summed E-state index contributed by atoms with van der Waals surface area (Å²) < 4.78 is 40.8. The van der Waals surface area contributed by atoms with E-state index in [-0.39, 0.29) is 29.8 Å². The molecule has 2 heterocycles. The van der Waals surface area contributed by atoms with Gasteiger partial charge in [-0.3, -0.25) is 9.10 Å². The number of amides is 1. The molecule has 0 spiro atoms. The Labute approximate surface area is 218 Å². The Hall–Kier alpha value is -3.52. The number of fused-ring (bicyclic) bond motifs is 2.